The number of hydrogen-bond acceptors (Lipinski definition) is 5. The molecule has 176 valence electrons. The average molecular weight is 459 g/mol. The van der Waals surface area contributed by atoms with Crippen LogP contribution in [0.5, 0.6) is 0 Å². The number of thiophene rings is 1. The van der Waals surface area contributed by atoms with E-state index in [4.69, 9.17) is 10.5 Å². The zero-order valence-corrected chi connectivity index (χ0v) is 20.4. The van der Waals surface area contributed by atoms with Gasteiger partial charge in [0.15, 0.2) is 0 Å². The molecule has 1 aromatic heterocycles. The summed E-state index contributed by atoms with van der Waals surface area (Å²) in [5, 5.41) is 0. The molecule has 1 aromatic rings. The third-order valence-electron chi connectivity index (χ3n) is 7.66. The first-order chi connectivity index (χ1) is 15.5. The molecule has 2 fully saturated rings. The van der Waals surface area contributed by atoms with Crippen molar-refractivity contribution < 1.29 is 14.3 Å². The number of rotatable bonds is 5. The number of carbonyl (C=O) groups is 2. The van der Waals surface area contributed by atoms with Gasteiger partial charge in [0, 0.05) is 22.9 Å². The molecule has 0 saturated heterocycles. The SMILES string of the molecule is COC(=O)c1sc(C2=CCCCC2)cc1N(C(=O)C1CCC(C)CC1)C1CCC(N)CC1. The third kappa shape index (κ3) is 5.12. The fourth-order valence-corrected chi connectivity index (χ4v) is 6.71. The highest BCUT2D eigenvalue weighted by Gasteiger charge is 2.37. The largest absolute Gasteiger partial charge is 0.465 e. The summed E-state index contributed by atoms with van der Waals surface area (Å²) >= 11 is 1.49. The van der Waals surface area contributed by atoms with E-state index in [0.29, 0.717) is 10.8 Å². The van der Waals surface area contributed by atoms with E-state index in [2.05, 4.69) is 19.1 Å². The van der Waals surface area contributed by atoms with E-state index in [1.165, 1.54) is 36.9 Å². The Labute approximate surface area is 196 Å². The Morgan fingerprint density at radius 2 is 1.78 bits per heavy atom. The van der Waals surface area contributed by atoms with Crippen LogP contribution in [0.3, 0.4) is 0 Å². The minimum atomic E-state index is -0.338. The minimum Gasteiger partial charge on any atom is -0.465 e. The number of allylic oxidation sites excluding steroid dienone is 2. The van der Waals surface area contributed by atoms with Crippen LogP contribution in [0.25, 0.3) is 5.57 Å². The van der Waals surface area contributed by atoms with Crippen molar-refractivity contribution >= 4 is 34.5 Å². The number of methoxy groups -OCH3 is 1. The van der Waals surface area contributed by atoms with Gasteiger partial charge in [-0.2, -0.15) is 0 Å². The van der Waals surface area contributed by atoms with E-state index in [0.717, 1.165) is 74.8 Å². The Morgan fingerprint density at radius 1 is 1.06 bits per heavy atom. The molecule has 4 rings (SSSR count). The number of anilines is 1. The van der Waals surface area contributed by atoms with Gasteiger partial charge in [0.05, 0.1) is 12.8 Å². The maximum absolute atomic E-state index is 14.0. The van der Waals surface area contributed by atoms with Gasteiger partial charge >= 0.3 is 5.97 Å². The van der Waals surface area contributed by atoms with Gasteiger partial charge in [-0.05, 0) is 94.6 Å². The molecular formula is C26H38N2O3S. The van der Waals surface area contributed by atoms with E-state index in [-0.39, 0.29) is 29.9 Å². The maximum Gasteiger partial charge on any atom is 0.350 e. The van der Waals surface area contributed by atoms with Crippen molar-refractivity contribution in [1.82, 2.24) is 0 Å². The van der Waals surface area contributed by atoms with E-state index in [9.17, 15) is 9.59 Å². The lowest BCUT2D eigenvalue weighted by molar-refractivity contribution is -0.124. The van der Waals surface area contributed by atoms with Crippen LogP contribution in [0.15, 0.2) is 12.1 Å². The Bertz CT molecular complexity index is 845. The molecule has 0 aliphatic heterocycles. The molecule has 6 heteroatoms. The number of amides is 1. The zero-order valence-electron chi connectivity index (χ0n) is 19.6. The van der Waals surface area contributed by atoms with Gasteiger partial charge in [0.2, 0.25) is 5.91 Å². The second-order valence-electron chi connectivity index (χ2n) is 10.0. The van der Waals surface area contributed by atoms with Crippen molar-refractivity contribution in [2.24, 2.45) is 17.6 Å². The Kier molecular flexibility index (Phi) is 7.72. The first kappa shape index (κ1) is 23.5. The predicted octanol–water partition coefficient (Wildman–Crippen LogP) is 5.92. The van der Waals surface area contributed by atoms with E-state index in [1.807, 2.05) is 4.90 Å². The number of carbonyl (C=O) groups excluding carboxylic acids is 2. The molecule has 0 aromatic carbocycles. The lowest BCUT2D eigenvalue weighted by Crippen LogP contribution is -2.47. The van der Waals surface area contributed by atoms with Crippen LogP contribution in [-0.4, -0.2) is 31.1 Å². The summed E-state index contributed by atoms with van der Waals surface area (Å²) in [6, 6.07) is 2.42. The lowest BCUT2D eigenvalue weighted by Gasteiger charge is -2.39. The van der Waals surface area contributed by atoms with Gasteiger partial charge in [-0.3, -0.25) is 4.79 Å². The van der Waals surface area contributed by atoms with Crippen LogP contribution in [0.2, 0.25) is 0 Å². The topological polar surface area (TPSA) is 72.6 Å². The fourth-order valence-electron chi connectivity index (χ4n) is 5.58. The smallest absolute Gasteiger partial charge is 0.350 e. The van der Waals surface area contributed by atoms with E-state index < -0.39 is 0 Å². The Balaban J connectivity index is 1.72. The number of ether oxygens (including phenoxy) is 1. The second kappa shape index (κ2) is 10.5. The molecule has 0 spiro atoms. The quantitative estimate of drug-likeness (QED) is 0.556. The van der Waals surface area contributed by atoms with Crippen molar-refractivity contribution in [2.45, 2.75) is 96.1 Å². The van der Waals surface area contributed by atoms with Gasteiger partial charge in [0.1, 0.15) is 4.88 Å². The fraction of sp³-hybridized carbons (Fsp3) is 0.692. The second-order valence-corrected chi connectivity index (χ2v) is 11.1. The molecule has 3 aliphatic rings. The normalized spacial score (nSPS) is 28.7. The number of nitrogens with two attached hydrogens (primary N) is 1. The molecule has 1 heterocycles. The van der Waals surface area contributed by atoms with Crippen molar-refractivity contribution in [3.63, 3.8) is 0 Å². The lowest BCUT2D eigenvalue weighted by atomic mass is 9.81. The molecule has 2 N–H and O–H groups in total. The van der Waals surface area contributed by atoms with Crippen LogP contribution in [0.4, 0.5) is 5.69 Å². The minimum absolute atomic E-state index is 0.0459. The van der Waals surface area contributed by atoms with Crippen molar-refractivity contribution in [3.05, 3.63) is 21.9 Å². The molecule has 0 unspecified atom stereocenters. The van der Waals surface area contributed by atoms with Crippen LogP contribution >= 0.6 is 11.3 Å². The highest BCUT2D eigenvalue weighted by molar-refractivity contribution is 7.15. The van der Waals surface area contributed by atoms with Crippen LogP contribution in [0.1, 0.15) is 98.5 Å². The molecule has 32 heavy (non-hydrogen) atoms. The maximum atomic E-state index is 14.0. The van der Waals surface area contributed by atoms with Crippen LogP contribution in [-0.2, 0) is 9.53 Å². The summed E-state index contributed by atoms with van der Waals surface area (Å²) < 4.78 is 5.17. The Hall–Kier alpha value is -1.66. The number of nitrogens with zero attached hydrogens (tertiary/aromatic N) is 1. The molecule has 0 bridgehead atoms. The first-order valence-corrected chi connectivity index (χ1v) is 13.3. The monoisotopic (exact) mass is 458 g/mol. The summed E-state index contributed by atoms with van der Waals surface area (Å²) in [7, 11) is 1.43. The van der Waals surface area contributed by atoms with Gasteiger partial charge in [-0.15, -0.1) is 11.3 Å². The third-order valence-corrected chi connectivity index (χ3v) is 8.84. The summed E-state index contributed by atoms with van der Waals surface area (Å²) in [5.74, 6) is 0.598. The standard InChI is InChI=1S/C26H38N2O3S/c1-17-8-10-19(11-9-17)25(29)28(21-14-12-20(27)13-15-21)22-16-23(18-6-4-3-5-7-18)32-24(22)26(30)31-2/h6,16-17,19-21H,3-5,7-15,27H2,1-2H3. The first-order valence-electron chi connectivity index (χ1n) is 12.5. The van der Waals surface area contributed by atoms with Crippen molar-refractivity contribution in [3.8, 4) is 0 Å². The highest BCUT2D eigenvalue weighted by Crippen LogP contribution is 2.42. The Morgan fingerprint density at radius 3 is 2.41 bits per heavy atom. The average Bonchev–Trinajstić information content (AvgIpc) is 3.26. The van der Waals surface area contributed by atoms with E-state index in [1.54, 1.807) is 0 Å². The molecule has 1 amide bonds. The van der Waals surface area contributed by atoms with Gasteiger partial charge in [0.25, 0.3) is 0 Å². The summed E-state index contributed by atoms with van der Waals surface area (Å²) in [6.07, 6.45) is 14.5. The molecule has 3 aliphatic carbocycles. The summed E-state index contributed by atoms with van der Waals surface area (Å²) in [5.41, 5.74) is 8.27. The molecule has 0 atom stereocenters. The van der Waals surface area contributed by atoms with Crippen molar-refractivity contribution in [2.75, 3.05) is 12.0 Å². The molecule has 2 saturated carbocycles. The molecule has 0 radical (unpaired) electrons. The molecular weight excluding hydrogens is 420 g/mol. The van der Waals surface area contributed by atoms with Gasteiger partial charge in [-0.1, -0.05) is 13.0 Å². The number of hydrogen-bond donors (Lipinski definition) is 1. The molecule has 5 nitrogen and oxygen atoms in total. The number of esters is 1. The van der Waals surface area contributed by atoms with Gasteiger partial charge in [-0.25, -0.2) is 4.79 Å². The summed E-state index contributed by atoms with van der Waals surface area (Å²) in [6.45, 7) is 2.28. The highest BCUT2D eigenvalue weighted by atomic mass is 32.1. The zero-order chi connectivity index (χ0) is 22.7. The van der Waals surface area contributed by atoms with Crippen LogP contribution < -0.4 is 10.6 Å². The summed E-state index contributed by atoms with van der Waals surface area (Å²) in [4.78, 5) is 30.5. The predicted molar refractivity (Wildman–Crippen MR) is 131 cm³/mol. The van der Waals surface area contributed by atoms with Gasteiger partial charge < -0.3 is 15.4 Å². The van der Waals surface area contributed by atoms with Crippen molar-refractivity contribution in [1.29, 1.82) is 0 Å². The van der Waals surface area contributed by atoms with Crippen LogP contribution in [0, 0.1) is 11.8 Å². The van der Waals surface area contributed by atoms with E-state index >= 15 is 0 Å².